The molecule has 2 heteroatoms. The van der Waals surface area contributed by atoms with Crippen molar-refractivity contribution in [2.75, 3.05) is 11.5 Å². The maximum Gasteiger partial charge on any atom is 0.0314 e. The van der Waals surface area contributed by atoms with Crippen molar-refractivity contribution in [3.8, 4) is 0 Å². The van der Waals surface area contributed by atoms with Gasteiger partial charge < -0.3 is 11.5 Å². The molecule has 0 radical (unpaired) electrons. The van der Waals surface area contributed by atoms with Crippen molar-refractivity contribution < 1.29 is 0 Å². The van der Waals surface area contributed by atoms with E-state index in [9.17, 15) is 0 Å². The van der Waals surface area contributed by atoms with Gasteiger partial charge in [-0.2, -0.15) is 0 Å². The van der Waals surface area contributed by atoms with Gasteiger partial charge in [-0.3, -0.25) is 0 Å². The zero-order valence-corrected chi connectivity index (χ0v) is 13.4. The van der Waals surface area contributed by atoms with Gasteiger partial charge >= 0.3 is 0 Å². The molecule has 118 valence electrons. The molecule has 4 N–H and O–H groups in total. The third-order valence-electron chi connectivity index (χ3n) is 3.78. The summed E-state index contributed by atoms with van der Waals surface area (Å²) in [5.41, 5.74) is 17.6. The number of anilines is 2. The third kappa shape index (κ3) is 4.14. The molecule has 0 atom stereocenters. The number of hydrogen-bond donors (Lipinski definition) is 2. The van der Waals surface area contributed by atoms with Gasteiger partial charge in [-0.15, -0.1) is 0 Å². The Hall–Kier alpha value is -3.26. The first-order valence-electron chi connectivity index (χ1n) is 7.87. The van der Waals surface area contributed by atoms with E-state index < -0.39 is 0 Å². The summed E-state index contributed by atoms with van der Waals surface area (Å²) in [5, 5.41) is 0. The molecule has 0 unspecified atom stereocenters. The molecule has 0 aliphatic carbocycles. The largest absolute Gasteiger partial charge is 0.399 e. The van der Waals surface area contributed by atoms with Gasteiger partial charge in [0.15, 0.2) is 0 Å². The Morgan fingerprint density at radius 2 is 0.833 bits per heavy atom. The second-order valence-corrected chi connectivity index (χ2v) is 5.63. The van der Waals surface area contributed by atoms with E-state index in [1.807, 2.05) is 60.7 Å². The molecular formula is C22H20N2. The highest BCUT2D eigenvalue weighted by molar-refractivity contribution is 5.79. The van der Waals surface area contributed by atoms with E-state index in [-0.39, 0.29) is 0 Å². The SMILES string of the molecule is Nc1ccc(/C=C\c2ccccc2/C=C/c2ccc(N)cc2)cc1. The Kier molecular flexibility index (Phi) is 4.78. The zero-order valence-electron chi connectivity index (χ0n) is 13.4. The molecular weight excluding hydrogens is 292 g/mol. The number of rotatable bonds is 4. The Morgan fingerprint density at radius 1 is 0.458 bits per heavy atom. The van der Waals surface area contributed by atoms with Crippen LogP contribution < -0.4 is 11.5 Å². The Balaban J connectivity index is 1.82. The smallest absolute Gasteiger partial charge is 0.0314 e. The lowest BCUT2D eigenvalue weighted by molar-refractivity contribution is 1.60. The van der Waals surface area contributed by atoms with Gasteiger partial charge in [0.05, 0.1) is 0 Å². The summed E-state index contributed by atoms with van der Waals surface area (Å²) >= 11 is 0. The fraction of sp³-hybridized carbons (Fsp3) is 0. The summed E-state index contributed by atoms with van der Waals surface area (Å²) < 4.78 is 0. The quantitative estimate of drug-likeness (QED) is 0.514. The summed E-state index contributed by atoms with van der Waals surface area (Å²) in [6.45, 7) is 0. The van der Waals surface area contributed by atoms with Crippen molar-refractivity contribution in [3.63, 3.8) is 0 Å². The van der Waals surface area contributed by atoms with Crippen molar-refractivity contribution in [2.45, 2.75) is 0 Å². The van der Waals surface area contributed by atoms with Crippen LogP contribution in [-0.4, -0.2) is 0 Å². The predicted molar refractivity (Wildman–Crippen MR) is 106 cm³/mol. The average Bonchev–Trinajstić information content (AvgIpc) is 2.61. The number of nitrogen functional groups attached to an aromatic ring is 2. The second-order valence-electron chi connectivity index (χ2n) is 5.63. The fourth-order valence-corrected chi connectivity index (χ4v) is 2.40. The monoisotopic (exact) mass is 312 g/mol. The number of nitrogens with two attached hydrogens (primary N) is 2. The minimum absolute atomic E-state index is 0.777. The maximum absolute atomic E-state index is 5.72. The highest BCUT2D eigenvalue weighted by Crippen LogP contribution is 2.17. The van der Waals surface area contributed by atoms with Gasteiger partial charge in [0.25, 0.3) is 0 Å². The van der Waals surface area contributed by atoms with Gasteiger partial charge in [0.1, 0.15) is 0 Å². The normalized spacial score (nSPS) is 11.3. The summed E-state index contributed by atoms with van der Waals surface area (Å²) in [6, 6.07) is 24.0. The lowest BCUT2D eigenvalue weighted by Gasteiger charge is -2.02. The van der Waals surface area contributed by atoms with Crippen LogP contribution in [0.5, 0.6) is 0 Å². The second kappa shape index (κ2) is 7.34. The van der Waals surface area contributed by atoms with Crippen LogP contribution >= 0.6 is 0 Å². The van der Waals surface area contributed by atoms with Crippen molar-refractivity contribution >= 4 is 35.7 Å². The van der Waals surface area contributed by atoms with Crippen LogP contribution in [0.1, 0.15) is 22.3 Å². The molecule has 2 nitrogen and oxygen atoms in total. The number of hydrogen-bond acceptors (Lipinski definition) is 2. The summed E-state index contributed by atoms with van der Waals surface area (Å²) in [6.07, 6.45) is 8.42. The van der Waals surface area contributed by atoms with Gasteiger partial charge in [0, 0.05) is 11.4 Å². The molecule has 0 aliphatic heterocycles. The first kappa shape index (κ1) is 15.6. The van der Waals surface area contributed by atoms with Crippen LogP contribution in [0.15, 0.2) is 72.8 Å². The van der Waals surface area contributed by atoms with Gasteiger partial charge in [-0.1, -0.05) is 72.8 Å². The van der Waals surface area contributed by atoms with E-state index in [0.29, 0.717) is 0 Å². The van der Waals surface area contributed by atoms with Crippen LogP contribution in [0.4, 0.5) is 11.4 Å². The van der Waals surface area contributed by atoms with Crippen LogP contribution in [-0.2, 0) is 0 Å². The molecule has 3 rings (SSSR count). The standard InChI is InChI=1S/C22H20N2/c23-21-13-7-17(8-14-21)5-11-19-3-1-2-4-20(19)12-6-18-9-15-22(24)16-10-18/h1-16H,23-24H2/b11-5-,12-6+. The van der Waals surface area contributed by atoms with Crippen molar-refractivity contribution in [1.29, 1.82) is 0 Å². The molecule has 0 fully saturated rings. The summed E-state index contributed by atoms with van der Waals surface area (Å²) in [4.78, 5) is 0. The highest BCUT2D eigenvalue weighted by Gasteiger charge is 1.95. The maximum atomic E-state index is 5.72. The summed E-state index contributed by atoms with van der Waals surface area (Å²) in [7, 11) is 0. The molecule has 0 saturated heterocycles. The fourth-order valence-electron chi connectivity index (χ4n) is 2.40. The Bertz CT molecular complexity index is 783. The minimum Gasteiger partial charge on any atom is -0.399 e. The first-order chi connectivity index (χ1) is 11.7. The van der Waals surface area contributed by atoms with Crippen LogP contribution in [0.3, 0.4) is 0 Å². The van der Waals surface area contributed by atoms with E-state index in [4.69, 9.17) is 11.5 Å². The van der Waals surface area contributed by atoms with Crippen molar-refractivity contribution in [3.05, 3.63) is 95.1 Å². The third-order valence-corrected chi connectivity index (χ3v) is 3.78. The van der Waals surface area contributed by atoms with E-state index in [1.165, 1.54) is 11.1 Å². The van der Waals surface area contributed by atoms with Crippen LogP contribution in [0.25, 0.3) is 24.3 Å². The summed E-state index contributed by atoms with van der Waals surface area (Å²) in [5.74, 6) is 0. The lowest BCUT2D eigenvalue weighted by atomic mass is 10.0. The van der Waals surface area contributed by atoms with Crippen LogP contribution in [0, 0.1) is 0 Å². The number of benzene rings is 3. The molecule has 0 aromatic heterocycles. The highest BCUT2D eigenvalue weighted by atomic mass is 14.5. The Morgan fingerprint density at radius 3 is 1.21 bits per heavy atom. The van der Waals surface area contributed by atoms with Gasteiger partial charge in [-0.05, 0) is 46.5 Å². The average molecular weight is 312 g/mol. The van der Waals surface area contributed by atoms with Gasteiger partial charge in [-0.25, -0.2) is 0 Å². The Labute approximate surface area is 142 Å². The molecule has 0 amide bonds. The topological polar surface area (TPSA) is 52.0 Å². The van der Waals surface area contributed by atoms with E-state index in [0.717, 1.165) is 22.5 Å². The molecule has 24 heavy (non-hydrogen) atoms. The van der Waals surface area contributed by atoms with Crippen LogP contribution in [0.2, 0.25) is 0 Å². The molecule has 0 spiro atoms. The van der Waals surface area contributed by atoms with E-state index >= 15 is 0 Å². The van der Waals surface area contributed by atoms with Crippen molar-refractivity contribution in [1.82, 2.24) is 0 Å². The van der Waals surface area contributed by atoms with Gasteiger partial charge in [0.2, 0.25) is 0 Å². The first-order valence-corrected chi connectivity index (χ1v) is 7.87. The molecule has 0 aliphatic rings. The molecule has 0 saturated carbocycles. The van der Waals surface area contributed by atoms with Crippen molar-refractivity contribution in [2.24, 2.45) is 0 Å². The van der Waals surface area contributed by atoms with E-state index in [2.05, 4.69) is 36.4 Å². The van der Waals surface area contributed by atoms with E-state index in [1.54, 1.807) is 0 Å². The molecule has 3 aromatic rings. The minimum atomic E-state index is 0.777. The predicted octanol–water partition coefficient (Wildman–Crippen LogP) is 5.19. The molecule has 0 bridgehead atoms. The molecule has 0 heterocycles. The lowest BCUT2D eigenvalue weighted by Crippen LogP contribution is -1.84. The zero-order chi connectivity index (χ0) is 16.8. The molecule has 3 aromatic carbocycles.